The van der Waals surface area contributed by atoms with Crippen molar-refractivity contribution in [1.82, 2.24) is 20.9 Å². The lowest BCUT2D eigenvalue weighted by molar-refractivity contribution is -0.138. The van der Waals surface area contributed by atoms with Gasteiger partial charge in [-0.15, -0.1) is 0 Å². The number of H-pyrrole nitrogens is 1. The quantitative estimate of drug-likeness (QED) is 0.0998. The third kappa shape index (κ3) is 6.43. The summed E-state index contributed by atoms with van der Waals surface area (Å²) >= 11 is 1.40. The molecular formula is C33H45N4O6S+. The first-order valence-corrected chi connectivity index (χ1v) is 16.7. The number of carbonyl (C=O) groups is 3. The van der Waals surface area contributed by atoms with Crippen molar-refractivity contribution < 1.29 is 29.7 Å². The maximum atomic E-state index is 12.6. The van der Waals surface area contributed by atoms with Crippen LogP contribution in [0.4, 0.5) is 0 Å². The molecule has 2 saturated heterocycles. The number of nitrogens with one attached hydrogen (secondary N) is 4. The molecule has 0 saturated carbocycles. The molecule has 3 unspecified atom stereocenters. The average molecular weight is 626 g/mol. The van der Waals surface area contributed by atoms with E-state index in [4.69, 9.17) is 0 Å². The van der Waals surface area contributed by atoms with Crippen molar-refractivity contribution in [2.45, 2.75) is 89.6 Å². The highest BCUT2D eigenvalue weighted by Gasteiger charge is 2.54. The molecule has 0 aliphatic carbocycles. The molecule has 44 heavy (non-hydrogen) atoms. The number of aliphatic carboxylic acids is 2. The SMILES string of the molecule is C=CC1=C(O)N[C@H](CC2N/C(=C\c3[nH]c(CC4NC(=O)[C@H](C)[C@H]4[C@@H]4C[SH+]4)c(C)c3CCC(=O)O)C(CCC(=O)O)=C2C)C1C. The van der Waals surface area contributed by atoms with Crippen LogP contribution in [0.5, 0.6) is 0 Å². The van der Waals surface area contributed by atoms with Gasteiger partial charge in [-0.2, -0.15) is 0 Å². The van der Waals surface area contributed by atoms with Crippen molar-refractivity contribution in [2.75, 3.05) is 5.75 Å². The van der Waals surface area contributed by atoms with Crippen LogP contribution in [0, 0.1) is 24.7 Å². The molecular weight excluding hydrogens is 580 g/mol. The van der Waals surface area contributed by atoms with E-state index < -0.39 is 11.9 Å². The minimum absolute atomic E-state index is 0.0121. The largest absolute Gasteiger partial charge is 0.495 e. The minimum Gasteiger partial charge on any atom is -0.495 e. The van der Waals surface area contributed by atoms with E-state index in [9.17, 15) is 29.7 Å². The lowest BCUT2D eigenvalue weighted by Gasteiger charge is -2.23. The number of thiol groups is 1. The number of aromatic amines is 1. The molecule has 4 aliphatic heterocycles. The predicted molar refractivity (Wildman–Crippen MR) is 172 cm³/mol. The van der Waals surface area contributed by atoms with Crippen LogP contribution >= 0.6 is 0 Å². The third-order valence-electron chi connectivity index (χ3n) is 10.1. The number of aliphatic hydroxyl groups excluding tert-OH is 1. The number of aliphatic hydroxyl groups is 1. The first-order chi connectivity index (χ1) is 20.9. The zero-order chi connectivity index (χ0) is 31.9. The number of hydrogen-bond donors (Lipinski definition) is 7. The fraction of sp³-hybridized carbons (Fsp3) is 0.545. The zero-order valence-electron chi connectivity index (χ0n) is 25.9. The lowest BCUT2D eigenvalue weighted by Crippen LogP contribution is -2.36. The maximum absolute atomic E-state index is 12.6. The molecule has 1 aromatic rings. The number of amides is 1. The van der Waals surface area contributed by atoms with Crippen LogP contribution in [0.1, 0.15) is 69.0 Å². The van der Waals surface area contributed by atoms with E-state index in [1.165, 1.54) is 11.8 Å². The van der Waals surface area contributed by atoms with Gasteiger partial charge in [-0.25, -0.2) is 0 Å². The summed E-state index contributed by atoms with van der Waals surface area (Å²) in [6.45, 7) is 11.9. The number of aromatic nitrogens is 1. The highest BCUT2D eigenvalue weighted by Crippen LogP contribution is 2.38. The molecule has 0 aromatic carbocycles. The highest BCUT2D eigenvalue weighted by atomic mass is 32.2. The van der Waals surface area contributed by atoms with Crippen molar-refractivity contribution in [3.05, 3.63) is 63.5 Å². The third-order valence-corrected chi connectivity index (χ3v) is 11.2. The van der Waals surface area contributed by atoms with Gasteiger partial charge in [0.05, 0.1) is 0 Å². The van der Waals surface area contributed by atoms with E-state index in [1.54, 1.807) is 6.08 Å². The molecule has 0 radical (unpaired) electrons. The first kappa shape index (κ1) is 31.8. The van der Waals surface area contributed by atoms with E-state index in [0.29, 0.717) is 30.9 Å². The summed E-state index contributed by atoms with van der Waals surface area (Å²) in [6.07, 6.45) is 5.67. The Bertz CT molecular complexity index is 1450. The van der Waals surface area contributed by atoms with Gasteiger partial charge in [0.2, 0.25) is 5.91 Å². The van der Waals surface area contributed by atoms with Gasteiger partial charge in [0.15, 0.2) is 16.9 Å². The molecule has 1 aromatic heterocycles. The second-order valence-electron chi connectivity index (χ2n) is 12.7. The minimum atomic E-state index is -0.874. The maximum Gasteiger partial charge on any atom is 0.303 e. The number of carboxylic acid groups (broad SMARTS) is 2. The number of rotatable bonds is 13. The molecule has 0 spiro atoms. The van der Waals surface area contributed by atoms with Crippen molar-refractivity contribution in [2.24, 2.45) is 17.8 Å². The molecule has 5 heterocycles. The lowest BCUT2D eigenvalue weighted by atomic mass is 9.86. The van der Waals surface area contributed by atoms with Gasteiger partial charge in [-0.1, -0.05) is 26.5 Å². The molecule has 4 aliphatic rings. The second kappa shape index (κ2) is 12.8. The van der Waals surface area contributed by atoms with Gasteiger partial charge < -0.3 is 36.3 Å². The molecule has 0 bridgehead atoms. The summed E-state index contributed by atoms with van der Waals surface area (Å²) in [5.74, 6) is -0.0575. The van der Waals surface area contributed by atoms with Gasteiger partial charge in [-0.3, -0.25) is 14.4 Å². The normalized spacial score (nSPS) is 30.5. The molecule has 238 valence electrons. The fourth-order valence-electron chi connectivity index (χ4n) is 7.34. The Labute approximate surface area is 262 Å². The van der Waals surface area contributed by atoms with Crippen molar-refractivity contribution >= 4 is 35.7 Å². The van der Waals surface area contributed by atoms with Crippen molar-refractivity contribution in [3.8, 4) is 0 Å². The Balaban J connectivity index is 1.45. The Morgan fingerprint density at radius 2 is 1.70 bits per heavy atom. The number of carbonyl (C=O) groups excluding carboxylic acids is 1. The highest BCUT2D eigenvalue weighted by molar-refractivity contribution is 7.86. The van der Waals surface area contributed by atoms with Gasteiger partial charge in [0.25, 0.3) is 0 Å². The number of carboxylic acids is 2. The van der Waals surface area contributed by atoms with Gasteiger partial charge in [0.1, 0.15) is 0 Å². The van der Waals surface area contributed by atoms with Crippen LogP contribution in [0.2, 0.25) is 0 Å². The van der Waals surface area contributed by atoms with Crippen LogP contribution in [-0.2, 0) is 39.0 Å². The van der Waals surface area contributed by atoms with E-state index in [-0.39, 0.29) is 60.5 Å². The van der Waals surface area contributed by atoms with Gasteiger partial charge in [0, 0.05) is 77.8 Å². The summed E-state index contributed by atoms with van der Waals surface area (Å²) in [4.78, 5) is 39.3. The van der Waals surface area contributed by atoms with E-state index >= 15 is 0 Å². The summed E-state index contributed by atoms with van der Waals surface area (Å²) < 4.78 is 0. The molecule has 1 amide bonds. The monoisotopic (exact) mass is 625 g/mol. The van der Waals surface area contributed by atoms with Crippen LogP contribution in [0.3, 0.4) is 0 Å². The summed E-state index contributed by atoms with van der Waals surface area (Å²) in [6, 6.07) is -0.0753. The average Bonchev–Trinajstić information content (AvgIpc) is 3.53. The fourth-order valence-corrected chi connectivity index (χ4v) is 8.41. The Hall–Kier alpha value is -3.60. The van der Waals surface area contributed by atoms with Gasteiger partial charge in [-0.05, 0) is 73.2 Å². The molecule has 10 nitrogen and oxygen atoms in total. The van der Waals surface area contributed by atoms with Crippen LogP contribution in [0.25, 0.3) is 6.08 Å². The Morgan fingerprint density at radius 3 is 2.32 bits per heavy atom. The Kier molecular flexibility index (Phi) is 9.25. The van der Waals surface area contributed by atoms with Crippen molar-refractivity contribution in [1.29, 1.82) is 0 Å². The molecule has 7 atom stereocenters. The van der Waals surface area contributed by atoms with E-state index in [2.05, 4.69) is 27.5 Å². The summed E-state index contributed by atoms with van der Waals surface area (Å²) in [5, 5.41) is 39.9. The molecule has 2 fully saturated rings. The zero-order valence-corrected chi connectivity index (χ0v) is 26.8. The number of allylic oxidation sites excluding steroid dienone is 2. The summed E-state index contributed by atoms with van der Waals surface area (Å²) in [5.41, 5.74) is 7.32. The predicted octanol–water partition coefficient (Wildman–Crippen LogP) is 3.28. The second-order valence-corrected chi connectivity index (χ2v) is 14.1. The van der Waals surface area contributed by atoms with E-state index in [0.717, 1.165) is 50.7 Å². The van der Waals surface area contributed by atoms with E-state index in [1.807, 2.05) is 33.8 Å². The molecule has 7 N–H and O–H groups in total. The Morgan fingerprint density at radius 1 is 1.02 bits per heavy atom. The van der Waals surface area contributed by atoms with Crippen LogP contribution in [0.15, 0.2) is 41.0 Å². The van der Waals surface area contributed by atoms with Crippen LogP contribution < -0.4 is 16.0 Å². The van der Waals surface area contributed by atoms with Crippen molar-refractivity contribution in [3.63, 3.8) is 0 Å². The summed E-state index contributed by atoms with van der Waals surface area (Å²) in [7, 11) is 0. The molecule has 5 rings (SSSR count). The topological polar surface area (TPSA) is 164 Å². The van der Waals surface area contributed by atoms with Gasteiger partial charge >= 0.3 is 11.9 Å². The van der Waals surface area contributed by atoms with Crippen LogP contribution in [-0.4, -0.2) is 67.3 Å². The first-order valence-electron chi connectivity index (χ1n) is 15.5. The smallest absolute Gasteiger partial charge is 0.303 e. The number of hydrogen-bond acceptors (Lipinski definition) is 6. The molecule has 11 heteroatoms. The standard InChI is InChI=1S/C33H44N4O6S/c1-6-19-15(2)24(36-33(19)43)11-22-16(3)20(7-9-29(38)39)25(34-22)13-26-21(8-10-30(40)41)17(4)23(35-26)12-27-31(28-14-44-28)18(5)32(42)37-27/h6,13,15,18,22,24,27-28,31,34-36,43H,1,7-12,14H2,2-5H3,(H,37,42)(H,38,39)(H,40,41)/p+1/b25-13-/t15?,18-,22?,24-,27?,28+,31-/m1/s1.